The Morgan fingerprint density at radius 3 is 2.25 bits per heavy atom. The van der Waals surface area contributed by atoms with E-state index in [2.05, 4.69) is 38.3 Å². The van der Waals surface area contributed by atoms with Crippen LogP contribution in [-0.4, -0.2) is 116 Å². The molecule has 5 rings (SSSR count). The van der Waals surface area contributed by atoms with Crippen molar-refractivity contribution in [3.8, 4) is 0 Å². The van der Waals surface area contributed by atoms with Gasteiger partial charge in [-0.3, -0.25) is 14.4 Å². The molecule has 0 unspecified atom stereocenters. The van der Waals surface area contributed by atoms with Crippen LogP contribution in [0.5, 0.6) is 0 Å². The minimum atomic E-state index is -2.74. The second-order valence-corrected chi connectivity index (χ2v) is 13.6. The van der Waals surface area contributed by atoms with Gasteiger partial charge in [-0.25, -0.2) is 9.59 Å². The molecule has 0 aliphatic carbocycles. The molecule has 5 N–H and O–H groups in total. The number of nitrogens with zero attached hydrogens (tertiary/aromatic N) is 3. The van der Waals surface area contributed by atoms with Crippen molar-refractivity contribution >= 4 is 57.4 Å². The standard InChI is InChI=1S/C27H32BrClN4O2.C6H8O7/c1-31-25(21-5-2-3-6-22(21)26(31)34)20(18-7-8-23(28)24(29)17-18)11-16-32-14-9-19(10-15-32)33-13-4-12-30-27(33)35;7-3(8)1-6(13,5(11)12)2-4(9)10/h2-3,5-8,17,19-20,25H,4,9-16H2,1H3,(H,30,35);13H,1-2H2,(H,7,8)(H,9,10)(H,11,12)/t20-,25+;/m0./s1. The summed E-state index contributed by atoms with van der Waals surface area (Å²) in [5, 5.41) is 37.5. The number of urea groups is 1. The summed E-state index contributed by atoms with van der Waals surface area (Å²) < 4.78 is 0.877. The number of hydrogen-bond donors (Lipinski definition) is 5. The van der Waals surface area contributed by atoms with E-state index in [4.69, 9.17) is 32.0 Å². The number of halogens is 2. The summed E-state index contributed by atoms with van der Waals surface area (Å²) in [7, 11) is 1.91. The van der Waals surface area contributed by atoms with Gasteiger partial charge in [0.2, 0.25) is 0 Å². The molecule has 0 aromatic heterocycles. The Bertz CT molecular complexity index is 1520. The smallest absolute Gasteiger partial charge is 0.336 e. The highest BCUT2D eigenvalue weighted by molar-refractivity contribution is 9.10. The first kappa shape index (κ1) is 37.1. The number of carbonyl (C=O) groups is 5. The van der Waals surface area contributed by atoms with Crippen LogP contribution < -0.4 is 5.32 Å². The molecule has 0 saturated carbocycles. The van der Waals surface area contributed by atoms with Crippen molar-refractivity contribution in [1.29, 1.82) is 0 Å². The number of likely N-dealkylation sites (tertiary alicyclic amines) is 1. The van der Waals surface area contributed by atoms with Crippen LogP contribution in [-0.2, 0) is 14.4 Å². The number of hydrogen-bond acceptors (Lipinski definition) is 7. The van der Waals surface area contributed by atoms with Crippen LogP contribution in [0.2, 0.25) is 5.02 Å². The molecular weight excluding hydrogens is 712 g/mol. The minimum Gasteiger partial charge on any atom is -0.481 e. The normalized spacial score (nSPS) is 19.2. The van der Waals surface area contributed by atoms with E-state index in [0.717, 1.165) is 79.6 Å². The highest BCUT2D eigenvalue weighted by Crippen LogP contribution is 2.45. The molecule has 3 aliphatic rings. The number of rotatable bonds is 11. The van der Waals surface area contributed by atoms with Gasteiger partial charge in [-0.1, -0.05) is 35.9 Å². The fourth-order valence-corrected chi connectivity index (χ4v) is 7.13. The number of carboxylic acid groups (broad SMARTS) is 3. The Hall–Kier alpha value is -3.72. The second kappa shape index (κ2) is 16.1. The van der Waals surface area contributed by atoms with Crippen LogP contribution in [0.15, 0.2) is 46.9 Å². The average Bonchev–Trinajstić information content (AvgIpc) is 3.28. The highest BCUT2D eigenvalue weighted by Gasteiger charge is 2.41. The SMILES string of the molecule is CN1C(=O)c2ccccc2[C@H]1[C@@H](CCN1CCC(N2CCCNC2=O)CC1)c1ccc(Br)c(Cl)c1.O=C(O)CC(O)(CC(=O)O)C(=O)O. The molecule has 13 nitrogen and oxygen atoms in total. The van der Waals surface area contributed by atoms with Gasteiger partial charge in [-0.15, -0.1) is 0 Å². The zero-order chi connectivity index (χ0) is 35.2. The Kier molecular flexibility index (Phi) is 12.5. The molecule has 2 fully saturated rings. The summed E-state index contributed by atoms with van der Waals surface area (Å²) in [6.07, 6.45) is 1.67. The summed E-state index contributed by atoms with van der Waals surface area (Å²) in [5.74, 6) is -4.81. The summed E-state index contributed by atoms with van der Waals surface area (Å²) in [4.78, 5) is 62.2. The predicted octanol–water partition coefficient (Wildman–Crippen LogP) is 4.03. The summed E-state index contributed by atoms with van der Waals surface area (Å²) >= 11 is 10.0. The van der Waals surface area contributed by atoms with E-state index in [9.17, 15) is 24.0 Å². The van der Waals surface area contributed by atoms with E-state index < -0.39 is 36.4 Å². The van der Waals surface area contributed by atoms with Gasteiger partial charge in [0.1, 0.15) is 0 Å². The van der Waals surface area contributed by atoms with Crippen LogP contribution in [0.4, 0.5) is 4.79 Å². The van der Waals surface area contributed by atoms with E-state index in [1.165, 1.54) is 0 Å². The number of carbonyl (C=O) groups excluding carboxylic acids is 2. The number of nitrogens with one attached hydrogen (secondary N) is 1. The van der Waals surface area contributed by atoms with E-state index in [-0.39, 0.29) is 23.9 Å². The molecule has 2 aromatic carbocycles. The van der Waals surface area contributed by atoms with E-state index in [1.54, 1.807) is 0 Å². The van der Waals surface area contributed by atoms with Crippen molar-refractivity contribution in [1.82, 2.24) is 20.0 Å². The topological polar surface area (TPSA) is 188 Å². The Morgan fingerprint density at radius 1 is 1.02 bits per heavy atom. The van der Waals surface area contributed by atoms with Crippen LogP contribution >= 0.6 is 27.5 Å². The largest absolute Gasteiger partial charge is 0.481 e. The molecule has 2 atom stereocenters. The third-order valence-electron chi connectivity index (χ3n) is 9.15. The molecule has 3 heterocycles. The maximum Gasteiger partial charge on any atom is 0.336 e. The molecule has 0 spiro atoms. The number of aliphatic carboxylic acids is 3. The number of carboxylic acids is 3. The van der Waals surface area contributed by atoms with Crippen LogP contribution in [0, 0.1) is 0 Å². The summed E-state index contributed by atoms with van der Waals surface area (Å²) in [6, 6.07) is 14.5. The first-order chi connectivity index (χ1) is 22.7. The van der Waals surface area contributed by atoms with Crippen molar-refractivity contribution in [2.75, 3.05) is 39.8 Å². The lowest BCUT2D eigenvalue weighted by Gasteiger charge is -2.40. The quantitative estimate of drug-likeness (QED) is 0.224. The van der Waals surface area contributed by atoms with E-state index in [0.29, 0.717) is 11.1 Å². The number of fused-ring (bicyclic) bond motifs is 1. The van der Waals surface area contributed by atoms with Crippen molar-refractivity contribution in [2.24, 2.45) is 0 Å². The van der Waals surface area contributed by atoms with Gasteiger partial charge in [0.15, 0.2) is 5.60 Å². The average molecular weight is 752 g/mol. The zero-order valence-electron chi connectivity index (χ0n) is 26.5. The Labute approximate surface area is 291 Å². The van der Waals surface area contributed by atoms with Crippen LogP contribution in [0.25, 0.3) is 0 Å². The molecule has 2 aromatic rings. The second-order valence-electron chi connectivity index (χ2n) is 12.3. The Balaban J connectivity index is 0.000000341. The van der Waals surface area contributed by atoms with E-state index >= 15 is 0 Å². The van der Waals surface area contributed by atoms with Gasteiger partial charge in [-0.05, 0) is 77.5 Å². The number of benzene rings is 2. The van der Waals surface area contributed by atoms with Gasteiger partial charge in [0.05, 0.1) is 23.9 Å². The van der Waals surface area contributed by atoms with Gasteiger partial charge >= 0.3 is 23.9 Å². The lowest BCUT2D eigenvalue weighted by molar-refractivity contribution is -0.170. The number of likely N-dealkylation sites (N-methyl/N-ethyl adjacent to an activating group) is 1. The maximum absolute atomic E-state index is 13.0. The van der Waals surface area contributed by atoms with Gasteiger partial charge in [0.25, 0.3) is 5.91 Å². The van der Waals surface area contributed by atoms with Gasteiger partial charge in [-0.2, -0.15) is 0 Å². The van der Waals surface area contributed by atoms with Gasteiger partial charge < -0.3 is 40.4 Å². The molecule has 3 aliphatic heterocycles. The molecule has 0 radical (unpaired) electrons. The van der Waals surface area contributed by atoms with Crippen molar-refractivity contribution < 1.29 is 44.4 Å². The number of piperidine rings is 1. The van der Waals surface area contributed by atoms with Crippen LogP contribution in [0.3, 0.4) is 0 Å². The molecule has 48 heavy (non-hydrogen) atoms. The number of aliphatic hydroxyl groups is 1. The van der Waals surface area contributed by atoms with Crippen molar-refractivity contribution in [2.45, 2.75) is 62.1 Å². The molecule has 3 amide bonds. The minimum absolute atomic E-state index is 0.0227. The van der Waals surface area contributed by atoms with Crippen molar-refractivity contribution in [3.63, 3.8) is 0 Å². The zero-order valence-corrected chi connectivity index (χ0v) is 28.8. The monoisotopic (exact) mass is 750 g/mol. The van der Waals surface area contributed by atoms with Crippen LogP contribution in [0.1, 0.15) is 72.0 Å². The van der Waals surface area contributed by atoms with Gasteiger partial charge in [0, 0.05) is 55.2 Å². The molecular formula is C33H40BrClN4O9. The third kappa shape index (κ3) is 8.84. The van der Waals surface area contributed by atoms with Crippen molar-refractivity contribution in [3.05, 3.63) is 68.7 Å². The molecule has 0 bridgehead atoms. The predicted molar refractivity (Wildman–Crippen MR) is 179 cm³/mol. The Morgan fingerprint density at radius 2 is 1.67 bits per heavy atom. The number of amides is 3. The lowest BCUT2D eigenvalue weighted by atomic mass is 9.84. The molecule has 15 heteroatoms. The lowest BCUT2D eigenvalue weighted by Crippen LogP contribution is -2.54. The first-order valence-electron chi connectivity index (χ1n) is 15.7. The maximum atomic E-state index is 13.0. The molecule has 260 valence electrons. The highest BCUT2D eigenvalue weighted by atomic mass is 79.9. The first-order valence-corrected chi connectivity index (χ1v) is 16.9. The fourth-order valence-electron chi connectivity index (χ4n) is 6.70. The fraction of sp³-hybridized carbons (Fsp3) is 0.485. The summed E-state index contributed by atoms with van der Waals surface area (Å²) in [6.45, 7) is 4.57. The van der Waals surface area contributed by atoms with E-state index in [1.807, 2.05) is 47.2 Å². The third-order valence-corrected chi connectivity index (χ3v) is 10.4. The molecule has 2 saturated heterocycles. The summed E-state index contributed by atoms with van der Waals surface area (Å²) in [5.41, 5.74) is 0.310.